The van der Waals surface area contributed by atoms with Gasteiger partial charge in [0.15, 0.2) is 0 Å². The summed E-state index contributed by atoms with van der Waals surface area (Å²) >= 11 is 5.64. The van der Waals surface area contributed by atoms with Gasteiger partial charge in [-0.3, -0.25) is 29.7 Å². The zero-order valence-electron chi connectivity index (χ0n) is 13.3. The Morgan fingerprint density at radius 2 is 1.93 bits per heavy atom. The first-order valence-corrected chi connectivity index (χ1v) is 7.32. The maximum atomic E-state index is 12.9. The standard InChI is InChI=1S/C13H9ClF3N5O5/c1-6-11(22(26)27)12(13(15,16)17)19-20(6)5-10(23)18-8-3-2-7(14)4-9(8)21(24)25/h2-4H,5H2,1H3,(H,18,23). The van der Waals surface area contributed by atoms with E-state index in [9.17, 15) is 38.2 Å². The van der Waals surface area contributed by atoms with Crippen LogP contribution >= 0.6 is 11.6 Å². The maximum Gasteiger partial charge on any atom is 0.442 e. The van der Waals surface area contributed by atoms with Crippen LogP contribution in [-0.4, -0.2) is 25.5 Å². The number of hydrogen-bond donors (Lipinski definition) is 1. The first-order valence-electron chi connectivity index (χ1n) is 6.94. The van der Waals surface area contributed by atoms with E-state index in [0.717, 1.165) is 19.1 Å². The molecule has 0 fully saturated rings. The van der Waals surface area contributed by atoms with Crippen molar-refractivity contribution < 1.29 is 27.8 Å². The van der Waals surface area contributed by atoms with Gasteiger partial charge in [0.1, 0.15) is 17.9 Å². The number of nitro benzene ring substituents is 1. The lowest BCUT2D eigenvalue weighted by atomic mass is 10.2. The Morgan fingerprint density at radius 1 is 1.30 bits per heavy atom. The fraction of sp³-hybridized carbons (Fsp3) is 0.231. The highest BCUT2D eigenvalue weighted by molar-refractivity contribution is 6.31. The van der Waals surface area contributed by atoms with Crippen molar-refractivity contribution in [3.8, 4) is 0 Å². The van der Waals surface area contributed by atoms with Crippen LogP contribution < -0.4 is 5.32 Å². The lowest BCUT2D eigenvalue weighted by Crippen LogP contribution is -2.21. The largest absolute Gasteiger partial charge is 0.442 e. The van der Waals surface area contributed by atoms with Crippen molar-refractivity contribution in [2.45, 2.75) is 19.6 Å². The summed E-state index contributed by atoms with van der Waals surface area (Å²) in [5, 5.41) is 27.1. The second-order valence-corrected chi connectivity index (χ2v) is 5.60. The van der Waals surface area contributed by atoms with Crippen LogP contribution in [-0.2, 0) is 17.5 Å². The topological polar surface area (TPSA) is 133 Å². The van der Waals surface area contributed by atoms with Gasteiger partial charge >= 0.3 is 11.9 Å². The molecule has 0 aliphatic rings. The normalized spacial score (nSPS) is 11.3. The molecule has 0 radical (unpaired) electrons. The monoisotopic (exact) mass is 407 g/mol. The van der Waals surface area contributed by atoms with Crippen LogP contribution in [0.25, 0.3) is 0 Å². The third-order valence-electron chi connectivity index (χ3n) is 3.35. The molecule has 1 heterocycles. The van der Waals surface area contributed by atoms with Gasteiger partial charge in [-0.15, -0.1) is 0 Å². The van der Waals surface area contributed by atoms with Crippen molar-refractivity contribution in [1.82, 2.24) is 9.78 Å². The smallest absolute Gasteiger partial charge is 0.319 e. The van der Waals surface area contributed by atoms with Gasteiger partial charge in [-0.1, -0.05) is 11.6 Å². The van der Waals surface area contributed by atoms with Crippen molar-refractivity contribution in [3.63, 3.8) is 0 Å². The predicted octanol–water partition coefficient (Wildman–Crippen LogP) is 3.32. The lowest BCUT2D eigenvalue weighted by Gasteiger charge is -2.07. The highest BCUT2D eigenvalue weighted by Gasteiger charge is 2.44. The van der Waals surface area contributed by atoms with Crippen LogP contribution in [0.3, 0.4) is 0 Å². The number of nitro groups is 2. The Balaban J connectivity index is 2.32. The fourth-order valence-corrected chi connectivity index (χ4v) is 2.35. The number of carbonyl (C=O) groups is 1. The van der Waals surface area contributed by atoms with Crippen LogP contribution in [0, 0.1) is 27.2 Å². The number of aromatic nitrogens is 2. The molecule has 1 aromatic heterocycles. The summed E-state index contributed by atoms with van der Waals surface area (Å²) in [7, 11) is 0. The first-order chi connectivity index (χ1) is 12.4. The second-order valence-electron chi connectivity index (χ2n) is 5.16. The van der Waals surface area contributed by atoms with Crippen molar-refractivity contribution in [2.24, 2.45) is 0 Å². The molecule has 144 valence electrons. The minimum absolute atomic E-state index is 0.0352. The number of anilines is 1. The summed E-state index contributed by atoms with van der Waals surface area (Å²) in [6.07, 6.45) is -5.09. The maximum absolute atomic E-state index is 12.9. The summed E-state index contributed by atoms with van der Waals surface area (Å²) in [6, 6.07) is 3.37. The summed E-state index contributed by atoms with van der Waals surface area (Å²) < 4.78 is 39.2. The summed E-state index contributed by atoms with van der Waals surface area (Å²) in [5.74, 6) is -0.977. The third-order valence-corrected chi connectivity index (χ3v) is 3.59. The number of alkyl halides is 3. The highest BCUT2D eigenvalue weighted by atomic mass is 35.5. The minimum Gasteiger partial charge on any atom is -0.319 e. The number of nitrogens with one attached hydrogen (secondary N) is 1. The molecule has 10 nitrogen and oxygen atoms in total. The van der Waals surface area contributed by atoms with E-state index in [2.05, 4.69) is 10.4 Å². The minimum atomic E-state index is -5.09. The van der Waals surface area contributed by atoms with Gasteiger partial charge in [0.25, 0.3) is 5.69 Å². The van der Waals surface area contributed by atoms with Crippen LogP contribution in [0.4, 0.5) is 30.2 Å². The van der Waals surface area contributed by atoms with E-state index in [-0.39, 0.29) is 10.7 Å². The zero-order valence-corrected chi connectivity index (χ0v) is 14.0. The van der Waals surface area contributed by atoms with Gasteiger partial charge < -0.3 is 5.32 Å². The number of benzene rings is 1. The van der Waals surface area contributed by atoms with Crippen LogP contribution in [0.15, 0.2) is 18.2 Å². The Labute approximate surface area is 152 Å². The fourth-order valence-electron chi connectivity index (χ4n) is 2.19. The Kier molecular flexibility index (Phi) is 5.35. The molecule has 14 heteroatoms. The summed E-state index contributed by atoms with van der Waals surface area (Å²) in [5.41, 5.74) is -4.28. The van der Waals surface area contributed by atoms with E-state index in [0.29, 0.717) is 4.68 Å². The molecule has 1 aromatic carbocycles. The van der Waals surface area contributed by atoms with E-state index in [1.54, 1.807) is 0 Å². The molecule has 0 unspecified atom stereocenters. The summed E-state index contributed by atoms with van der Waals surface area (Å²) in [4.78, 5) is 31.9. The zero-order chi connectivity index (χ0) is 20.5. The highest BCUT2D eigenvalue weighted by Crippen LogP contribution is 2.37. The Morgan fingerprint density at radius 3 is 2.41 bits per heavy atom. The molecule has 1 amide bonds. The van der Waals surface area contributed by atoms with Crippen molar-refractivity contribution in [2.75, 3.05) is 5.32 Å². The number of rotatable bonds is 5. The molecular formula is C13H9ClF3N5O5. The molecule has 0 aliphatic heterocycles. The molecule has 2 aromatic rings. The van der Waals surface area contributed by atoms with Gasteiger partial charge in [-0.2, -0.15) is 18.3 Å². The summed E-state index contributed by atoms with van der Waals surface area (Å²) in [6.45, 7) is 0.168. The van der Waals surface area contributed by atoms with Crippen LogP contribution in [0.2, 0.25) is 5.02 Å². The van der Waals surface area contributed by atoms with Crippen molar-refractivity contribution in [3.05, 3.63) is 54.8 Å². The van der Waals surface area contributed by atoms with Crippen molar-refractivity contribution in [1.29, 1.82) is 0 Å². The van der Waals surface area contributed by atoms with E-state index in [1.807, 2.05) is 0 Å². The van der Waals surface area contributed by atoms with Gasteiger partial charge in [0.05, 0.1) is 9.85 Å². The molecule has 0 spiro atoms. The number of carbonyl (C=O) groups excluding carboxylic acids is 1. The number of nitrogens with zero attached hydrogens (tertiary/aromatic N) is 4. The molecule has 0 bridgehead atoms. The predicted molar refractivity (Wildman–Crippen MR) is 85.4 cm³/mol. The molecular weight excluding hydrogens is 399 g/mol. The van der Waals surface area contributed by atoms with Gasteiger partial charge in [0.2, 0.25) is 11.6 Å². The Hall–Kier alpha value is -3.22. The van der Waals surface area contributed by atoms with Gasteiger partial charge in [-0.05, 0) is 19.1 Å². The number of halogens is 4. The van der Waals surface area contributed by atoms with E-state index < -0.39 is 51.2 Å². The molecule has 27 heavy (non-hydrogen) atoms. The molecule has 0 saturated heterocycles. The molecule has 0 saturated carbocycles. The molecule has 0 aliphatic carbocycles. The van der Waals surface area contributed by atoms with E-state index >= 15 is 0 Å². The average molecular weight is 408 g/mol. The number of hydrogen-bond acceptors (Lipinski definition) is 6. The van der Waals surface area contributed by atoms with Crippen LogP contribution in [0.1, 0.15) is 11.4 Å². The molecule has 0 atom stereocenters. The lowest BCUT2D eigenvalue weighted by molar-refractivity contribution is -0.388. The van der Waals surface area contributed by atoms with Gasteiger partial charge in [-0.25, -0.2) is 0 Å². The SMILES string of the molecule is Cc1c([N+](=O)[O-])c(C(F)(F)F)nn1CC(=O)Nc1ccc(Cl)cc1[N+](=O)[O-]. The second kappa shape index (κ2) is 7.19. The average Bonchev–Trinajstić information content (AvgIpc) is 2.86. The van der Waals surface area contributed by atoms with E-state index in [4.69, 9.17) is 11.6 Å². The van der Waals surface area contributed by atoms with Crippen molar-refractivity contribution >= 4 is 34.6 Å². The Bertz CT molecular complexity index is 943. The van der Waals surface area contributed by atoms with Crippen LogP contribution in [0.5, 0.6) is 0 Å². The quantitative estimate of drug-likeness (QED) is 0.597. The third kappa shape index (κ3) is 4.31. The number of amides is 1. The van der Waals surface area contributed by atoms with E-state index in [1.165, 1.54) is 6.07 Å². The van der Waals surface area contributed by atoms with Gasteiger partial charge in [0, 0.05) is 11.1 Å². The molecule has 1 N–H and O–H groups in total. The first kappa shape index (κ1) is 20.1. The molecule has 2 rings (SSSR count).